The average molecular weight is 304 g/mol. The van der Waals surface area contributed by atoms with Crippen molar-refractivity contribution >= 4 is 17.4 Å². The number of pyridine rings is 1. The van der Waals surface area contributed by atoms with Crippen molar-refractivity contribution < 1.29 is 14.1 Å². The lowest BCUT2D eigenvalue weighted by molar-refractivity contribution is -0.376. The van der Waals surface area contributed by atoms with Gasteiger partial charge in [0.25, 0.3) is 5.82 Å². The molecule has 0 fully saturated rings. The number of nitrogens with one attached hydrogen (secondary N) is 1. The number of hydrogen-bond acceptors (Lipinski definition) is 4. The van der Waals surface area contributed by atoms with E-state index in [0.717, 1.165) is 0 Å². The van der Waals surface area contributed by atoms with E-state index in [0.29, 0.717) is 0 Å². The summed E-state index contributed by atoms with van der Waals surface area (Å²) < 4.78 is 19.2. The Labute approximate surface area is 125 Å². The Morgan fingerprint density at radius 2 is 1.90 bits per heavy atom. The number of nitrogens with two attached hydrogens (primary N) is 1. The third-order valence-corrected chi connectivity index (χ3v) is 3.20. The Kier molecular flexibility index (Phi) is 3.93. The summed E-state index contributed by atoms with van der Waals surface area (Å²) in [5, 5.41) is 18.6. The molecule has 0 spiro atoms. The standard InChI is InChI=1S/C14H8ClFN4O/c1-21-14-8(6-18)11(7(5-17)13(19)20-14)12-9(15)3-2-4-10(12)16/h2-4H,1H3,(H2,19,20)/p+1. The molecule has 104 valence electrons. The van der Waals surface area contributed by atoms with Crippen LogP contribution in [0.5, 0.6) is 5.88 Å². The predicted octanol–water partition coefficient (Wildman–Crippen LogP) is 2.29. The van der Waals surface area contributed by atoms with Crippen LogP contribution < -0.4 is 15.5 Å². The lowest BCUT2D eigenvalue weighted by atomic mass is 9.96. The zero-order chi connectivity index (χ0) is 15.6. The number of nitriles is 2. The minimum absolute atomic E-state index is 0.0104. The molecule has 3 N–H and O–H groups in total. The Balaban J connectivity index is 3.01. The van der Waals surface area contributed by atoms with Gasteiger partial charge >= 0.3 is 5.88 Å². The third-order valence-electron chi connectivity index (χ3n) is 2.89. The van der Waals surface area contributed by atoms with Crippen LogP contribution in [0.1, 0.15) is 11.1 Å². The van der Waals surface area contributed by atoms with Gasteiger partial charge in [0.05, 0.1) is 12.1 Å². The number of benzene rings is 1. The van der Waals surface area contributed by atoms with Gasteiger partial charge in [0.1, 0.15) is 23.5 Å². The fourth-order valence-electron chi connectivity index (χ4n) is 1.98. The molecular weight excluding hydrogens is 295 g/mol. The van der Waals surface area contributed by atoms with E-state index in [1.807, 2.05) is 12.1 Å². The minimum atomic E-state index is -0.664. The third kappa shape index (κ3) is 2.33. The fourth-order valence-corrected chi connectivity index (χ4v) is 2.24. The monoisotopic (exact) mass is 303 g/mol. The molecule has 0 saturated carbocycles. The number of anilines is 1. The molecule has 5 nitrogen and oxygen atoms in total. The zero-order valence-corrected chi connectivity index (χ0v) is 11.6. The topological polar surface area (TPSA) is 97.0 Å². The molecule has 2 aromatic rings. The first-order valence-corrected chi connectivity index (χ1v) is 6.10. The number of nitrogen functional groups attached to an aromatic ring is 1. The maximum Gasteiger partial charge on any atom is 0.300 e. The number of nitrogens with zero attached hydrogens (tertiary/aromatic N) is 2. The number of ether oxygens (including phenoxy) is 1. The van der Waals surface area contributed by atoms with E-state index < -0.39 is 5.82 Å². The van der Waals surface area contributed by atoms with E-state index in [1.165, 1.54) is 25.3 Å². The van der Waals surface area contributed by atoms with Gasteiger partial charge in [-0.05, 0) is 12.1 Å². The Morgan fingerprint density at radius 3 is 2.43 bits per heavy atom. The second-order valence-electron chi connectivity index (χ2n) is 4.02. The molecule has 0 aliphatic carbocycles. The fraction of sp³-hybridized carbons (Fsp3) is 0.0714. The molecule has 21 heavy (non-hydrogen) atoms. The Bertz CT molecular complexity index is 788. The predicted molar refractivity (Wildman–Crippen MR) is 73.8 cm³/mol. The number of methoxy groups -OCH3 is 1. The van der Waals surface area contributed by atoms with Gasteiger partial charge in [0.2, 0.25) is 0 Å². The maximum atomic E-state index is 14.1. The molecule has 2 rings (SSSR count). The van der Waals surface area contributed by atoms with E-state index in [-0.39, 0.29) is 39.0 Å². The number of rotatable bonds is 2. The molecule has 0 atom stereocenters. The van der Waals surface area contributed by atoms with Crippen molar-refractivity contribution in [3.05, 3.63) is 40.2 Å². The Morgan fingerprint density at radius 1 is 1.24 bits per heavy atom. The van der Waals surface area contributed by atoms with Crippen molar-refractivity contribution in [1.82, 2.24) is 0 Å². The summed E-state index contributed by atoms with van der Waals surface area (Å²) in [7, 11) is 1.32. The zero-order valence-electron chi connectivity index (χ0n) is 10.9. The van der Waals surface area contributed by atoms with E-state index in [2.05, 4.69) is 4.98 Å². The van der Waals surface area contributed by atoms with Crippen LogP contribution >= 0.6 is 11.6 Å². The number of aromatic nitrogens is 1. The quantitative estimate of drug-likeness (QED) is 0.920. The van der Waals surface area contributed by atoms with Crippen molar-refractivity contribution in [3.63, 3.8) is 0 Å². The Hall–Kier alpha value is -2.83. The van der Waals surface area contributed by atoms with Crippen molar-refractivity contribution in [3.8, 4) is 29.1 Å². The summed E-state index contributed by atoms with van der Waals surface area (Å²) in [6, 6.07) is 7.81. The highest BCUT2D eigenvalue weighted by molar-refractivity contribution is 6.33. The van der Waals surface area contributed by atoms with Gasteiger partial charge in [-0.25, -0.2) is 9.37 Å². The first-order valence-electron chi connectivity index (χ1n) is 5.72. The lowest BCUT2D eigenvalue weighted by Gasteiger charge is -2.11. The summed E-state index contributed by atoms with van der Waals surface area (Å²) in [5.74, 6) is -0.672. The first-order chi connectivity index (χ1) is 10.0. The SMILES string of the molecule is COc1[nH+]c(N)c(C#N)c(-c2c(F)cccc2Cl)c1C#N. The second-order valence-corrected chi connectivity index (χ2v) is 4.42. The molecule has 1 aromatic heterocycles. The second kappa shape index (κ2) is 5.66. The van der Waals surface area contributed by atoms with Crippen LogP contribution in [0.2, 0.25) is 5.02 Å². The molecule has 0 saturated heterocycles. The number of hydrogen-bond donors (Lipinski definition) is 1. The summed E-state index contributed by atoms with van der Waals surface area (Å²) in [6.45, 7) is 0. The highest BCUT2D eigenvalue weighted by atomic mass is 35.5. The van der Waals surface area contributed by atoms with Gasteiger partial charge in [-0.15, -0.1) is 0 Å². The van der Waals surface area contributed by atoms with E-state index in [9.17, 15) is 14.9 Å². The lowest BCUT2D eigenvalue weighted by Crippen LogP contribution is -2.18. The molecule has 0 aliphatic heterocycles. The molecule has 0 radical (unpaired) electrons. The van der Waals surface area contributed by atoms with Gasteiger partial charge in [-0.2, -0.15) is 10.5 Å². The van der Waals surface area contributed by atoms with Crippen LogP contribution in [-0.4, -0.2) is 7.11 Å². The minimum Gasteiger partial charge on any atom is -0.465 e. The van der Waals surface area contributed by atoms with Gasteiger partial charge < -0.3 is 4.74 Å². The van der Waals surface area contributed by atoms with Crippen LogP contribution in [0.3, 0.4) is 0 Å². The van der Waals surface area contributed by atoms with Crippen molar-refractivity contribution in [1.29, 1.82) is 10.5 Å². The molecular formula is C14H9ClFN4O+. The summed E-state index contributed by atoms with van der Waals surface area (Å²) in [6.07, 6.45) is 0. The summed E-state index contributed by atoms with van der Waals surface area (Å²) in [5.41, 5.74) is 5.57. The molecule has 0 bridgehead atoms. The molecule has 0 amide bonds. The summed E-state index contributed by atoms with van der Waals surface area (Å²) >= 11 is 6.02. The van der Waals surface area contributed by atoms with E-state index >= 15 is 0 Å². The normalized spacial score (nSPS) is 9.76. The molecule has 1 heterocycles. The van der Waals surface area contributed by atoms with Crippen LogP contribution in [0.15, 0.2) is 18.2 Å². The van der Waals surface area contributed by atoms with Gasteiger partial charge in [0, 0.05) is 11.1 Å². The number of aromatic amines is 1. The van der Waals surface area contributed by atoms with Crippen LogP contribution in [0.4, 0.5) is 10.2 Å². The average Bonchev–Trinajstić information content (AvgIpc) is 2.46. The van der Waals surface area contributed by atoms with Crippen molar-refractivity contribution in [2.75, 3.05) is 12.8 Å². The van der Waals surface area contributed by atoms with Crippen LogP contribution in [0.25, 0.3) is 11.1 Å². The highest BCUT2D eigenvalue weighted by Gasteiger charge is 2.27. The maximum absolute atomic E-state index is 14.1. The van der Waals surface area contributed by atoms with Crippen LogP contribution in [0, 0.1) is 28.5 Å². The number of H-pyrrole nitrogens is 1. The number of halogens is 2. The molecule has 0 aliphatic rings. The van der Waals surface area contributed by atoms with Crippen molar-refractivity contribution in [2.45, 2.75) is 0 Å². The summed E-state index contributed by atoms with van der Waals surface area (Å²) in [4.78, 5) is 2.59. The smallest absolute Gasteiger partial charge is 0.300 e. The molecule has 7 heteroatoms. The van der Waals surface area contributed by atoms with E-state index in [1.54, 1.807) is 0 Å². The molecule has 1 aromatic carbocycles. The van der Waals surface area contributed by atoms with Gasteiger partial charge in [-0.3, -0.25) is 5.73 Å². The van der Waals surface area contributed by atoms with Crippen LogP contribution in [-0.2, 0) is 0 Å². The largest absolute Gasteiger partial charge is 0.465 e. The highest BCUT2D eigenvalue weighted by Crippen LogP contribution is 2.38. The van der Waals surface area contributed by atoms with Gasteiger partial charge in [-0.1, -0.05) is 17.7 Å². The van der Waals surface area contributed by atoms with E-state index in [4.69, 9.17) is 22.1 Å². The van der Waals surface area contributed by atoms with Gasteiger partial charge in [0.15, 0.2) is 5.56 Å². The first kappa shape index (κ1) is 14.6. The molecule has 0 unspecified atom stereocenters. The van der Waals surface area contributed by atoms with Crippen molar-refractivity contribution in [2.24, 2.45) is 0 Å².